The van der Waals surface area contributed by atoms with E-state index in [1.165, 1.54) is 10.6 Å². The molecule has 0 saturated heterocycles. The normalized spacial score (nSPS) is 10.9. The van der Waals surface area contributed by atoms with Gasteiger partial charge in [-0.25, -0.2) is 0 Å². The van der Waals surface area contributed by atoms with E-state index in [2.05, 4.69) is 36.3 Å². The largest absolute Gasteiger partial charge is 0.306 e. The van der Waals surface area contributed by atoms with Crippen LogP contribution >= 0.6 is 15.9 Å². The lowest BCUT2D eigenvalue weighted by Gasteiger charge is -2.06. The van der Waals surface area contributed by atoms with E-state index in [1.807, 2.05) is 31.2 Å². The molecule has 0 bridgehead atoms. The number of anilines is 1. The molecule has 0 aliphatic heterocycles. The van der Waals surface area contributed by atoms with Crippen LogP contribution in [0.5, 0.6) is 0 Å². The highest BCUT2D eigenvalue weighted by atomic mass is 79.9. The van der Waals surface area contributed by atoms with E-state index in [4.69, 9.17) is 0 Å². The molecule has 0 spiro atoms. The van der Waals surface area contributed by atoms with E-state index in [0.717, 1.165) is 15.6 Å². The van der Waals surface area contributed by atoms with Gasteiger partial charge in [-0.2, -0.15) is 9.50 Å². The van der Waals surface area contributed by atoms with Gasteiger partial charge in [0.25, 0.3) is 11.5 Å². The summed E-state index contributed by atoms with van der Waals surface area (Å²) in [6.45, 7) is 1.99. The van der Waals surface area contributed by atoms with Crippen LogP contribution < -0.4 is 10.9 Å². The Morgan fingerprint density at radius 3 is 2.52 bits per heavy atom. The van der Waals surface area contributed by atoms with Crippen LogP contribution in [0.15, 0.2) is 63.9 Å². The Hall–Kier alpha value is -3.26. The standard InChI is InChI=1S/C19H14BrN5O2/c1-11-2-4-12(5-3-11)17-23-19-22-16(26)10-15(25(19)24-17)21-18(27)13-6-8-14(20)9-7-13/h2-10H,1H3,(H,21,27)(H,22,23,24,26). The second-order valence-corrected chi connectivity index (χ2v) is 6.93. The molecule has 2 aromatic carbocycles. The van der Waals surface area contributed by atoms with Crippen LogP contribution in [-0.4, -0.2) is 25.5 Å². The lowest BCUT2D eigenvalue weighted by molar-refractivity contribution is 0.102. The van der Waals surface area contributed by atoms with Crippen LogP contribution in [0, 0.1) is 6.92 Å². The Bertz CT molecular complexity index is 1190. The molecule has 4 rings (SSSR count). The van der Waals surface area contributed by atoms with Gasteiger partial charge in [-0.15, -0.1) is 5.10 Å². The van der Waals surface area contributed by atoms with E-state index >= 15 is 0 Å². The predicted octanol–water partition coefficient (Wildman–Crippen LogP) is 3.41. The van der Waals surface area contributed by atoms with E-state index in [9.17, 15) is 9.59 Å². The van der Waals surface area contributed by atoms with Gasteiger partial charge in [0.15, 0.2) is 5.82 Å². The van der Waals surface area contributed by atoms with Gasteiger partial charge in [-0.1, -0.05) is 45.8 Å². The van der Waals surface area contributed by atoms with Gasteiger partial charge in [0.2, 0.25) is 5.78 Å². The zero-order valence-corrected chi connectivity index (χ0v) is 15.8. The SMILES string of the molecule is Cc1ccc(-c2nc3[nH]c(=O)cc(NC(=O)c4ccc(Br)cc4)n3n2)cc1. The molecule has 2 heterocycles. The van der Waals surface area contributed by atoms with Crippen molar-refractivity contribution < 1.29 is 4.79 Å². The van der Waals surface area contributed by atoms with Crippen molar-refractivity contribution in [2.75, 3.05) is 5.32 Å². The number of aryl methyl sites for hydroxylation is 1. The first kappa shape index (κ1) is 17.2. The summed E-state index contributed by atoms with van der Waals surface area (Å²) in [6.07, 6.45) is 0. The molecule has 0 unspecified atom stereocenters. The Morgan fingerprint density at radius 2 is 1.81 bits per heavy atom. The van der Waals surface area contributed by atoms with Gasteiger partial charge in [0.1, 0.15) is 5.82 Å². The molecule has 7 nitrogen and oxygen atoms in total. The zero-order valence-electron chi connectivity index (χ0n) is 14.2. The highest BCUT2D eigenvalue weighted by Gasteiger charge is 2.14. The van der Waals surface area contributed by atoms with E-state index in [-0.39, 0.29) is 23.1 Å². The Kier molecular flexibility index (Phi) is 4.33. The first-order chi connectivity index (χ1) is 13.0. The number of aromatic nitrogens is 4. The van der Waals surface area contributed by atoms with Gasteiger partial charge in [0, 0.05) is 21.7 Å². The Balaban J connectivity index is 1.74. The first-order valence-corrected chi connectivity index (χ1v) is 8.93. The van der Waals surface area contributed by atoms with Crippen LogP contribution in [0.1, 0.15) is 15.9 Å². The third kappa shape index (κ3) is 3.52. The molecular formula is C19H14BrN5O2. The number of hydrogen-bond acceptors (Lipinski definition) is 4. The molecule has 0 aliphatic rings. The van der Waals surface area contributed by atoms with Gasteiger partial charge in [0.05, 0.1) is 0 Å². The molecular weight excluding hydrogens is 410 g/mol. The zero-order chi connectivity index (χ0) is 19.0. The highest BCUT2D eigenvalue weighted by Crippen LogP contribution is 2.18. The fourth-order valence-corrected chi connectivity index (χ4v) is 2.86. The number of amides is 1. The van der Waals surface area contributed by atoms with Crippen LogP contribution in [0.25, 0.3) is 17.2 Å². The minimum atomic E-state index is -0.378. The summed E-state index contributed by atoms with van der Waals surface area (Å²) in [7, 11) is 0. The number of rotatable bonds is 3. The molecule has 8 heteroatoms. The number of nitrogens with one attached hydrogen (secondary N) is 2. The quantitative estimate of drug-likeness (QED) is 0.527. The summed E-state index contributed by atoms with van der Waals surface area (Å²) >= 11 is 3.33. The van der Waals surface area contributed by atoms with Gasteiger partial charge in [-0.05, 0) is 31.2 Å². The van der Waals surface area contributed by atoms with Crippen LogP contribution in [0.3, 0.4) is 0 Å². The molecule has 2 N–H and O–H groups in total. The molecule has 27 heavy (non-hydrogen) atoms. The molecule has 0 radical (unpaired) electrons. The number of halogens is 1. The van der Waals surface area contributed by atoms with Crippen molar-refractivity contribution in [1.82, 2.24) is 19.6 Å². The second-order valence-electron chi connectivity index (χ2n) is 6.02. The average molecular weight is 424 g/mol. The molecule has 0 fully saturated rings. The maximum absolute atomic E-state index is 12.5. The van der Waals surface area contributed by atoms with Gasteiger partial charge < -0.3 is 5.32 Å². The first-order valence-electron chi connectivity index (χ1n) is 8.14. The molecule has 0 atom stereocenters. The van der Waals surface area contributed by atoms with E-state index in [1.54, 1.807) is 24.3 Å². The summed E-state index contributed by atoms with van der Waals surface area (Å²) in [6, 6.07) is 15.9. The minimum absolute atomic E-state index is 0.243. The maximum atomic E-state index is 12.5. The number of carbonyl (C=O) groups excluding carboxylic acids is 1. The number of nitrogens with zero attached hydrogens (tertiary/aromatic N) is 3. The third-order valence-electron chi connectivity index (χ3n) is 4.00. The van der Waals surface area contributed by atoms with E-state index in [0.29, 0.717) is 11.4 Å². The number of H-pyrrole nitrogens is 1. The van der Waals surface area contributed by atoms with E-state index < -0.39 is 0 Å². The van der Waals surface area contributed by atoms with Crippen molar-refractivity contribution in [2.24, 2.45) is 0 Å². The minimum Gasteiger partial charge on any atom is -0.306 e. The molecule has 1 amide bonds. The molecule has 0 aliphatic carbocycles. The maximum Gasteiger partial charge on any atom is 0.256 e. The smallest absolute Gasteiger partial charge is 0.256 e. The number of fused-ring (bicyclic) bond motifs is 1. The van der Waals surface area contributed by atoms with Crippen molar-refractivity contribution in [3.8, 4) is 11.4 Å². The molecule has 4 aromatic rings. The van der Waals surface area contributed by atoms with Crippen molar-refractivity contribution in [1.29, 1.82) is 0 Å². The summed E-state index contributed by atoms with van der Waals surface area (Å²) in [4.78, 5) is 31.5. The summed E-state index contributed by atoms with van der Waals surface area (Å²) in [5.41, 5.74) is 2.02. The fourth-order valence-electron chi connectivity index (χ4n) is 2.60. The van der Waals surface area contributed by atoms with Gasteiger partial charge in [-0.3, -0.25) is 14.6 Å². The van der Waals surface area contributed by atoms with Crippen molar-refractivity contribution in [2.45, 2.75) is 6.92 Å². The fraction of sp³-hybridized carbons (Fsp3) is 0.0526. The summed E-state index contributed by atoms with van der Waals surface area (Å²) < 4.78 is 2.28. The van der Waals surface area contributed by atoms with Crippen LogP contribution in [0.2, 0.25) is 0 Å². The Labute approximate surface area is 162 Å². The number of benzene rings is 2. The lowest BCUT2D eigenvalue weighted by atomic mass is 10.1. The summed E-state index contributed by atoms with van der Waals surface area (Å²) in [5, 5.41) is 7.15. The lowest BCUT2D eigenvalue weighted by Crippen LogP contribution is -2.18. The molecule has 2 aromatic heterocycles. The number of aromatic amines is 1. The van der Waals surface area contributed by atoms with Gasteiger partial charge >= 0.3 is 0 Å². The monoisotopic (exact) mass is 423 g/mol. The van der Waals surface area contributed by atoms with Crippen molar-refractivity contribution in [3.05, 3.63) is 80.6 Å². The van der Waals surface area contributed by atoms with Crippen molar-refractivity contribution in [3.63, 3.8) is 0 Å². The van der Waals surface area contributed by atoms with Crippen LogP contribution in [-0.2, 0) is 0 Å². The third-order valence-corrected chi connectivity index (χ3v) is 4.52. The summed E-state index contributed by atoms with van der Waals surface area (Å²) in [5.74, 6) is 0.606. The molecule has 134 valence electrons. The number of carbonyl (C=O) groups is 1. The predicted molar refractivity (Wildman–Crippen MR) is 106 cm³/mol. The Morgan fingerprint density at radius 1 is 1.11 bits per heavy atom. The topological polar surface area (TPSA) is 92.1 Å². The molecule has 0 saturated carbocycles. The van der Waals surface area contributed by atoms with Crippen molar-refractivity contribution >= 4 is 33.4 Å². The number of hydrogen-bond donors (Lipinski definition) is 2. The average Bonchev–Trinajstić information content (AvgIpc) is 3.07. The second kappa shape index (κ2) is 6.81. The van der Waals surface area contributed by atoms with Crippen LogP contribution in [0.4, 0.5) is 5.82 Å². The highest BCUT2D eigenvalue weighted by molar-refractivity contribution is 9.10.